The highest BCUT2D eigenvalue weighted by atomic mass is 16.5. The molecule has 4 saturated carbocycles. The molecule has 23 heavy (non-hydrogen) atoms. The minimum absolute atomic E-state index is 0.493. The fourth-order valence-corrected chi connectivity index (χ4v) is 5.79. The van der Waals surface area contributed by atoms with Crippen LogP contribution in [0, 0.1) is 17.8 Å². The number of ether oxygens (including phenoxy) is 1. The summed E-state index contributed by atoms with van der Waals surface area (Å²) in [5.41, 5.74) is 8.53. The van der Waals surface area contributed by atoms with Crippen LogP contribution in [-0.4, -0.2) is 0 Å². The van der Waals surface area contributed by atoms with Gasteiger partial charge >= 0.3 is 0 Å². The molecule has 0 radical (unpaired) electrons. The van der Waals surface area contributed by atoms with Crippen LogP contribution < -0.4 is 10.5 Å². The minimum Gasteiger partial charge on any atom is -0.457 e. The Morgan fingerprint density at radius 2 is 1.35 bits per heavy atom. The van der Waals surface area contributed by atoms with Gasteiger partial charge in [0, 0.05) is 5.69 Å². The second-order valence-corrected chi connectivity index (χ2v) is 7.90. The summed E-state index contributed by atoms with van der Waals surface area (Å²) < 4.78 is 5.93. The van der Waals surface area contributed by atoms with E-state index in [4.69, 9.17) is 10.5 Å². The summed E-state index contributed by atoms with van der Waals surface area (Å²) >= 11 is 0. The van der Waals surface area contributed by atoms with Crippen molar-refractivity contribution < 1.29 is 4.74 Å². The van der Waals surface area contributed by atoms with Crippen molar-refractivity contribution in [3.63, 3.8) is 0 Å². The Hall–Kier alpha value is -1.96. The molecule has 118 valence electrons. The highest BCUT2D eigenvalue weighted by molar-refractivity contribution is 5.44. The van der Waals surface area contributed by atoms with Crippen LogP contribution in [0.25, 0.3) is 0 Å². The smallest absolute Gasteiger partial charge is 0.127 e. The number of hydrogen-bond donors (Lipinski definition) is 1. The van der Waals surface area contributed by atoms with Crippen LogP contribution in [0.15, 0.2) is 48.5 Å². The quantitative estimate of drug-likeness (QED) is 0.797. The molecule has 0 heterocycles. The second kappa shape index (κ2) is 4.77. The molecule has 0 spiro atoms. The molecular weight excluding hydrogens is 282 g/mol. The van der Waals surface area contributed by atoms with Gasteiger partial charge in [-0.1, -0.05) is 12.1 Å². The number of nitrogen functional groups attached to an aromatic ring is 1. The van der Waals surface area contributed by atoms with E-state index in [0.717, 1.165) is 34.9 Å². The maximum Gasteiger partial charge on any atom is 0.127 e. The first kappa shape index (κ1) is 13.5. The summed E-state index contributed by atoms with van der Waals surface area (Å²) in [6.07, 6.45) is 7.29. The van der Waals surface area contributed by atoms with Gasteiger partial charge in [-0.3, -0.25) is 0 Å². The van der Waals surface area contributed by atoms with E-state index in [-0.39, 0.29) is 0 Å². The monoisotopic (exact) mass is 305 g/mol. The molecule has 0 aliphatic heterocycles. The van der Waals surface area contributed by atoms with Crippen molar-refractivity contribution in [1.29, 1.82) is 0 Å². The lowest BCUT2D eigenvalue weighted by molar-refractivity contribution is 0.266. The van der Waals surface area contributed by atoms with E-state index in [1.165, 1.54) is 32.1 Å². The van der Waals surface area contributed by atoms with Crippen LogP contribution in [0.1, 0.15) is 37.7 Å². The first-order chi connectivity index (χ1) is 11.2. The van der Waals surface area contributed by atoms with Crippen molar-refractivity contribution >= 4 is 5.69 Å². The number of rotatable bonds is 3. The standard InChI is InChI=1S/C21H23NO/c22-18-3-7-20(8-4-18)23-19-5-1-16(2-6-19)21-12-14-9-15(13-21)11-17(21)10-14/h1-8,14-15,17H,9-13,22H2. The first-order valence-corrected chi connectivity index (χ1v) is 8.85. The Kier molecular flexibility index (Phi) is 2.79. The molecule has 2 aromatic rings. The highest BCUT2D eigenvalue weighted by Crippen LogP contribution is 2.65. The molecule has 0 saturated heterocycles. The normalized spacial score (nSPS) is 34.0. The van der Waals surface area contributed by atoms with E-state index in [0.29, 0.717) is 5.41 Å². The molecule has 2 nitrogen and oxygen atoms in total. The molecule has 4 aliphatic rings. The predicted octanol–water partition coefficient (Wildman–Crippen LogP) is 5.14. The van der Waals surface area contributed by atoms with Gasteiger partial charge in [0.05, 0.1) is 0 Å². The molecular formula is C21H23NO. The lowest BCUT2D eigenvalue weighted by atomic mass is 9.71. The largest absolute Gasteiger partial charge is 0.457 e. The second-order valence-electron chi connectivity index (χ2n) is 7.90. The van der Waals surface area contributed by atoms with E-state index < -0.39 is 0 Å². The number of benzene rings is 2. The summed E-state index contributed by atoms with van der Waals surface area (Å²) in [5, 5.41) is 0. The van der Waals surface area contributed by atoms with Crippen molar-refractivity contribution in [2.45, 2.75) is 37.5 Å². The van der Waals surface area contributed by atoms with E-state index in [1.54, 1.807) is 5.56 Å². The summed E-state index contributed by atoms with van der Waals surface area (Å²) in [4.78, 5) is 0. The van der Waals surface area contributed by atoms with Crippen LogP contribution in [-0.2, 0) is 5.41 Å². The summed E-state index contributed by atoms with van der Waals surface area (Å²) in [5.74, 6) is 4.69. The zero-order valence-corrected chi connectivity index (χ0v) is 13.4. The molecule has 4 aliphatic carbocycles. The van der Waals surface area contributed by atoms with E-state index >= 15 is 0 Å². The van der Waals surface area contributed by atoms with Crippen molar-refractivity contribution in [3.8, 4) is 11.5 Å². The van der Waals surface area contributed by atoms with Crippen LogP contribution in [0.4, 0.5) is 5.69 Å². The molecule has 0 aromatic heterocycles. The molecule has 6 rings (SSSR count). The van der Waals surface area contributed by atoms with Crippen LogP contribution in [0.2, 0.25) is 0 Å². The van der Waals surface area contributed by atoms with Crippen LogP contribution >= 0.6 is 0 Å². The molecule has 2 unspecified atom stereocenters. The molecule has 2 N–H and O–H groups in total. The van der Waals surface area contributed by atoms with E-state index in [9.17, 15) is 0 Å². The summed E-state index contributed by atoms with van der Waals surface area (Å²) in [6, 6.07) is 16.5. The van der Waals surface area contributed by atoms with Crippen LogP contribution in [0.3, 0.4) is 0 Å². The fraction of sp³-hybridized carbons (Fsp3) is 0.429. The Balaban J connectivity index is 1.39. The zero-order chi connectivity index (χ0) is 15.4. The van der Waals surface area contributed by atoms with Gasteiger partial charge in [0.25, 0.3) is 0 Å². The van der Waals surface area contributed by atoms with Crippen molar-refractivity contribution in [2.75, 3.05) is 5.73 Å². The highest BCUT2D eigenvalue weighted by Gasteiger charge is 2.58. The van der Waals surface area contributed by atoms with Gasteiger partial charge < -0.3 is 10.5 Å². The fourth-order valence-electron chi connectivity index (χ4n) is 5.79. The Morgan fingerprint density at radius 1 is 0.783 bits per heavy atom. The molecule has 2 heteroatoms. The SMILES string of the molecule is Nc1ccc(Oc2ccc(C34CC5CC(CC3C5)C4)cc2)cc1. The molecule has 2 atom stereocenters. The number of hydrogen-bond acceptors (Lipinski definition) is 2. The molecule has 0 amide bonds. The minimum atomic E-state index is 0.493. The Bertz CT molecular complexity index is 705. The van der Waals surface area contributed by atoms with E-state index in [1.807, 2.05) is 24.3 Å². The van der Waals surface area contributed by atoms with Gasteiger partial charge in [-0.25, -0.2) is 0 Å². The van der Waals surface area contributed by atoms with Gasteiger partial charge in [0.2, 0.25) is 0 Å². The first-order valence-electron chi connectivity index (χ1n) is 8.85. The third-order valence-electron chi connectivity index (χ3n) is 6.53. The number of nitrogens with two attached hydrogens (primary N) is 1. The van der Waals surface area contributed by atoms with Gasteiger partial charge in [-0.15, -0.1) is 0 Å². The molecule has 4 bridgehead atoms. The molecule has 4 fully saturated rings. The zero-order valence-electron chi connectivity index (χ0n) is 13.4. The average Bonchev–Trinajstić information content (AvgIpc) is 2.96. The lowest BCUT2D eigenvalue weighted by Gasteiger charge is -2.33. The maximum absolute atomic E-state index is 5.93. The summed E-state index contributed by atoms with van der Waals surface area (Å²) in [6.45, 7) is 0. The molecule has 2 aromatic carbocycles. The maximum atomic E-state index is 5.93. The van der Waals surface area contributed by atoms with Gasteiger partial charge in [-0.05, 0) is 97.2 Å². The Morgan fingerprint density at radius 3 is 1.96 bits per heavy atom. The average molecular weight is 305 g/mol. The van der Waals surface area contributed by atoms with E-state index in [2.05, 4.69) is 24.3 Å². The van der Waals surface area contributed by atoms with Crippen molar-refractivity contribution in [2.24, 2.45) is 17.8 Å². The van der Waals surface area contributed by atoms with Crippen LogP contribution in [0.5, 0.6) is 11.5 Å². The summed E-state index contributed by atoms with van der Waals surface area (Å²) in [7, 11) is 0. The Labute approximate surface area is 137 Å². The predicted molar refractivity (Wildman–Crippen MR) is 92.6 cm³/mol. The third kappa shape index (κ3) is 2.08. The topological polar surface area (TPSA) is 35.2 Å². The van der Waals surface area contributed by atoms with Gasteiger partial charge in [0.1, 0.15) is 11.5 Å². The van der Waals surface area contributed by atoms with Crippen molar-refractivity contribution in [1.82, 2.24) is 0 Å². The van der Waals surface area contributed by atoms with Crippen molar-refractivity contribution in [3.05, 3.63) is 54.1 Å². The lowest BCUT2D eigenvalue weighted by Crippen LogP contribution is -2.27. The third-order valence-corrected chi connectivity index (χ3v) is 6.53. The number of anilines is 1. The van der Waals surface area contributed by atoms with Gasteiger partial charge in [0.15, 0.2) is 0 Å². The van der Waals surface area contributed by atoms with Gasteiger partial charge in [-0.2, -0.15) is 0 Å².